The summed E-state index contributed by atoms with van der Waals surface area (Å²) < 4.78 is 11.0. The van der Waals surface area contributed by atoms with E-state index in [4.69, 9.17) is 21.1 Å². The zero-order valence-electron chi connectivity index (χ0n) is 14.4. The van der Waals surface area contributed by atoms with Crippen LogP contribution in [0, 0.1) is 0 Å². The smallest absolute Gasteiger partial charge is 0.247 e. The third-order valence-electron chi connectivity index (χ3n) is 4.15. The first-order chi connectivity index (χ1) is 12.5. The summed E-state index contributed by atoms with van der Waals surface area (Å²) in [5, 5.41) is 3.32. The minimum Gasteiger partial charge on any atom is -0.495 e. The fraction of sp³-hybridized carbons (Fsp3) is 0.278. The second-order valence-corrected chi connectivity index (χ2v) is 6.26. The maximum Gasteiger partial charge on any atom is 0.247 e. The molecule has 0 saturated carbocycles. The Morgan fingerprint density at radius 3 is 2.77 bits per heavy atom. The van der Waals surface area contributed by atoms with Gasteiger partial charge in [-0.3, -0.25) is 9.59 Å². The number of nitrogens with zero attached hydrogens (tertiary/aromatic N) is 2. The van der Waals surface area contributed by atoms with E-state index in [1.165, 1.54) is 18.2 Å². The maximum atomic E-state index is 12.5. The summed E-state index contributed by atoms with van der Waals surface area (Å²) in [6, 6.07) is 7.85. The molecule has 8 heteroatoms. The first-order valence-corrected chi connectivity index (χ1v) is 8.39. The number of pyridine rings is 1. The van der Waals surface area contributed by atoms with Crippen molar-refractivity contribution in [1.82, 2.24) is 9.88 Å². The topological polar surface area (TPSA) is 80.8 Å². The molecule has 1 N–H and O–H groups in total. The molecule has 26 heavy (non-hydrogen) atoms. The van der Waals surface area contributed by atoms with Gasteiger partial charge in [0.2, 0.25) is 17.7 Å². The lowest BCUT2D eigenvalue weighted by molar-refractivity contribution is -0.131. The highest BCUT2D eigenvalue weighted by Gasteiger charge is 2.33. The van der Waals surface area contributed by atoms with E-state index in [-0.39, 0.29) is 11.8 Å². The molecule has 0 radical (unpaired) electrons. The van der Waals surface area contributed by atoms with Crippen molar-refractivity contribution in [3.05, 3.63) is 41.6 Å². The van der Waals surface area contributed by atoms with E-state index in [9.17, 15) is 9.59 Å². The van der Waals surface area contributed by atoms with Crippen LogP contribution in [-0.4, -0.2) is 41.9 Å². The first-order valence-electron chi connectivity index (χ1n) is 8.02. The Labute approximate surface area is 155 Å². The monoisotopic (exact) mass is 375 g/mol. The number of hydrogen-bond donors (Lipinski definition) is 1. The molecular formula is C18H18ClN3O4. The van der Waals surface area contributed by atoms with E-state index in [1.54, 1.807) is 37.4 Å². The van der Waals surface area contributed by atoms with Crippen molar-refractivity contribution in [2.75, 3.05) is 19.5 Å². The van der Waals surface area contributed by atoms with E-state index in [0.29, 0.717) is 40.9 Å². The first kappa shape index (κ1) is 18.0. The summed E-state index contributed by atoms with van der Waals surface area (Å²) in [6.07, 6.45) is 2.35. The van der Waals surface area contributed by atoms with Gasteiger partial charge in [0.25, 0.3) is 0 Å². The van der Waals surface area contributed by atoms with Gasteiger partial charge in [-0.2, -0.15) is 0 Å². The zero-order chi connectivity index (χ0) is 18.7. The van der Waals surface area contributed by atoms with E-state index in [0.717, 1.165) is 0 Å². The molecule has 2 aromatic rings. The van der Waals surface area contributed by atoms with Crippen LogP contribution in [0.25, 0.3) is 0 Å². The number of hydrogen-bond acceptors (Lipinski definition) is 5. The van der Waals surface area contributed by atoms with Crippen molar-refractivity contribution in [3.8, 4) is 17.4 Å². The van der Waals surface area contributed by atoms with Gasteiger partial charge in [-0.25, -0.2) is 4.98 Å². The number of carbonyl (C=O) groups is 2. The summed E-state index contributed by atoms with van der Waals surface area (Å²) >= 11 is 5.81. The Morgan fingerprint density at radius 2 is 2.15 bits per heavy atom. The Kier molecular flexibility index (Phi) is 5.27. The molecule has 1 aliphatic rings. The zero-order valence-corrected chi connectivity index (χ0v) is 15.1. The number of rotatable bonds is 5. The minimum atomic E-state index is -0.491. The lowest BCUT2D eigenvalue weighted by atomic mass is 10.2. The minimum absolute atomic E-state index is 0.0389. The van der Waals surface area contributed by atoms with Gasteiger partial charge in [-0.1, -0.05) is 11.6 Å². The maximum absolute atomic E-state index is 12.5. The van der Waals surface area contributed by atoms with Gasteiger partial charge in [0.05, 0.1) is 17.8 Å². The highest BCUT2D eigenvalue weighted by Crippen LogP contribution is 2.32. The van der Waals surface area contributed by atoms with Crippen molar-refractivity contribution in [2.24, 2.45) is 0 Å². The molecule has 1 aliphatic heterocycles. The predicted octanol–water partition coefficient (Wildman–Crippen LogP) is 3.10. The molecule has 0 bridgehead atoms. The quantitative estimate of drug-likeness (QED) is 0.868. The number of aromatic nitrogens is 1. The van der Waals surface area contributed by atoms with Crippen molar-refractivity contribution >= 4 is 29.1 Å². The number of halogens is 1. The Hall–Kier alpha value is -2.80. The molecule has 7 nitrogen and oxygen atoms in total. The van der Waals surface area contributed by atoms with E-state index >= 15 is 0 Å². The second kappa shape index (κ2) is 7.61. The molecule has 2 heterocycles. The standard InChI is InChI=1S/C18H18ClN3O4/c1-22-14(5-8-17(22)23)18(24)21-13-9-12(4-6-15(13)25-2)26-16-7-3-11(19)10-20-16/h3-4,6-7,9-10,14H,5,8H2,1-2H3,(H,21,24)/t14-/m0/s1. The van der Waals surface area contributed by atoms with Crippen LogP contribution < -0.4 is 14.8 Å². The predicted molar refractivity (Wildman–Crippen MR) is 96.7 cm³/mol. The van der Waals surface area contributed by atoms with E-state index < -0.39 is 6.04 Å². The van der Waals surface area contributed by atoms with Crippen LogP contribution in [0.5, 0.6) is 17.4 Å². The highest BCUT2D eigenvalue weighted by atomic mass is 35.5. The SMILES string of the molecule is COc1ccc(Oc2ccc(Cl)cn2)cc1NC(=O)[C@@H]1CCC(=O)N1C. The Morgan fingerprint density at radius 1 is 1.35 bits per heavy atom. The number of likely N-dealkylation sites (tertiary alicyclic amines) is 1. The van der Waals surface area contributed by atoms with Crippen molar-refractivity contribution < 1.29 is 19.1 Å². The second-order valence-electron chi connectivity index (χ2n) is 5.83. The van der Waals surface area contributed by atoms with Crippen LogP contribution in [0.1, 0.15) is 12.8 Å². The van der Waals surface area contributed by atoms with E-state index in [1.807, 2.05) is 0 Å². The van der Waals surface area contributed by atoms with Crippen molar-refractivity contribution in [1.29, 1.82) is 0 Å². The summed E-state index contributed by atoms with van der Waals surface area (Å²) in [4.78, 5) is 29.7. The molecule has 0 spiro atoms. The molecule has 1 saturated heterocycles. The molecule has 0 unspecified atom stereocenters. The lowest BCUT2D eigenvalue weighted by Crippen LogP contribution is -2.38. The molecule has 1 atom stereocenters. The van der Waals surface area contributed by atoms with E-state index in [2.05, 4.69) is 10.3 Å². The summed E-state index contributed by atoms with van der Waals surface area (Å²) in [5.41, 5.74) is 0.455. The summed E-state index contributed by atoms with van der Waals surface area (Å²) in [6.45, 7) is 0. The van der Waals surface area contributed by atoms with Crippen molar-refractivity contribution in [2.45, 2.75) is 18.9 Å². The molecule has 0 aliphatic carbocycles. The third kappa shape index (κ3) is 3.88. The van der Waals surface area contributed by atoms with Crippen LogP contribution in [-0.2, 0) is 9.59 Å². The molecule has 3 rings (SSSR count). The van der Waals surface area contributed by atoms with Gasteiger partial charge >= 0.3 is 0 Å². The van der Waals surface area contributed by atoms with Crippen LogP contribution in [0.2, 0.25) is 5.02 Å². The van der Waals surface area contributed by atoms with Crippen molar-refractivity contribution in [3.63, 3.8) is 0 Å². The van der Waals surface area contributed by atoms with Crippen LogP contribution in [0.4, 0.5) is 5.69 Å². The molecular weight excluding hydrogens is 358 g/mol. The number of nitrogens with one attached hydrogen (secondary N) is 1. The van der Waals surface area contributed by atoms with Gasteiger partial charge in [0.1, 0.15) is 17.5 Å². The van der Waals surface area contributed by atoms with Gasteiger partial charge in [0, 0.05) is 31.8 Å². The number of carbonyl (C=O) groups excluding carboxylic acids is 2. The number of methoxy groups -OCH3 is 1. The number of benzene rings is 1. The Balaban J connectivity index is 1.78. The average Bonchev–Trinajstić information content (AvgIpc) is 2.96. The highest BCUT2D eigenvalue weighted by molar-refractivity contribution is 6.30. The lowest BCUT2D eigenvalue weighted by Gasteiger charge is -2.20. The summed E-state index contributed by atoms with van der Waals surface area (Å²) in [5.74, 6) is 1.04. The van der Waals surface area contributed by atoms with Gasteiger partial charge in [-0.15, -0.1) is 0 Å². The largest absolute Gasteiger partial charge is 0.495 e. The molecule has 1 aromatic carbocycles. The fourth-order valence-electron chi connectivity index (χ4n) is 2.72. The average molecular weight is 376 g/mol. The van der Waals surface area contributed by atoms with Crippen LogP contribution >= 0.6 is 11.6 Å². The molecule has 1 aromatic heterocycles. The fourth-order valence-corrected chi connectivity index (χ4v) is 2.83. The van der Waals surface area contributed by atoms with Crippen LogP contribution in [0.15, 0.2) is 36.5 Å². The number of likely N-dealkylation sites (N-methyl/N-ethyl adjacent to an activating group) is 1. The summed E-state index contributed by atoms with van der Waals surface area (Å²) in [7, 11) is 3.14. The van der Waals surface area contributed by atoms with Gasteiger partial charge in [0.15, 0.2) is 0 Å². The number of anilines is 1. The Bertz CT molecular complexity index is 826. The third-order valence-corrected chi connectivity index (χ3v) is 4.37. The van der Waals surface area contributed by atoms with Crippen LogP contribution in [0.3, 0.4) is 0 Å². The van der Waals surface area contributed by atoms with Gasteiger partial charge in [-0.05, 0) is 24.6 Å². The molecule has 2 amide bonds. The molecule has 1 fully saturated rings. The molecule has 136 valence electrons. The number of ether oxygens (including phenoxy) is 2. The normalized spacial score (nSPS) is 16.5. The van der Waals surface area contributed by atoms with Gasteiger partial charge < -0.3 is 19.7 Å². The number of amides is 2.